The maximum absolute atomic E-state index is 11.2. The molecule has 1 rings (SSSR count). The summed E-state index contributed by atoms with van der Waals surface area (Å²) in [5.41, 5.74) is -0.997. The summed E-state index contributed by atoms with van der Waals surface area (Å²) in [7, 11) is 0. The quantitative estimate of drug-likeness (QED) is 0.694. The Morgan fingerprint density at radius 3 is 2.46 bits per heavy atom. The molecule has 2 N–H and O–H groups in total. The average Bonchev–Trinajstić information content (AvgIpc) is 2.30. The second kappa shape index (κ2) is 2.76. The van der Waals surface area contributed by atoms with Gasteiger partial charge in [-0.25, -0.2) is 9.59 Å². The van der Waals surface area contributed by atoms with Crippen LogP contribution in [0.4, 0.5) is 0 Å². The number of carboxylic acids is 1. The Labute approximate surface area is 75.0 Å². The molecule has 0 aromatic carbocycles. The Morgan fingerprint density at radius 1 is 1.62 bits per heavy atom. The van der Waals surface area contributed by atoms with Crippen molar-refractivity contribution in [3.05, 3.63) is 22.4 Å². The first-order valence-electron chi connectivity index (χ1n) is 3.88. The third-order valence-electron chi connectivity index (χ3n) is 2.04. The van der Waals surface area contributed by atoms with E-state index in [4.69, 9.17) is 5.11 Å². The molecule has 0 saturated carbocycles. The molecule has 0 aliphatic rings. The molecular formula is C8H12N2O3. The number of aliphatic carboxylic acids is 1. The first-order chi connectivity index (χ1) is 5.87. The summed E-state index contributed by atoms with van der Waals surface area (Å²) in [4.78, 5) is 24.5. The molecule has 5 nitrogen and oxygen atoms in total. The highest BCUT2D eigenvalue weighted by atomic mass is 16.4. The molecule has 0 saturated heterocycles. The number of H-pyrrole nitrogens is 1. The van der Waals surface area contributed by atoms with Gasteiger partial charge in [-0.1, -0.05) is 0 Å². The van der Waals surface area contributed by atoms with E-state index in [1.54, 1.807) is 6.92 Å². The zero-order chi connectivity index (χ0) is 10.2. The number of aromatic amines is 1. The topological polar surface area (TPSA) is 75.1 Å². The van der Waals surface area contributed by atoms with Crippen molar-refractivity contribution in [1.29, 1.82) is 0 Å². The Kier molecular flexibility index (Phi) is 2.03. The lowest BCUT2D eigenvalue weighted by atomic mass is 10.1. The second-order valence-electron chi connectivity index (χ2n) is 3.43. The van der Waals surface area contributed by atoms with Gasteiger partial charge < -0.3 is 10.1 Å². The molecule has 0 spiro atoms. The standard InChI is InChI=1S/C8H12N2O3/c1-5-4-9-7(13)10(5)8(2,3)6(11)12/h4H,1-3H3,(H,9,13)(H,11,12). The molecule has 72 valence electrons. The number of aryl methyl sites for hydroxylation is 1. The van der Waals surface area contributed by atoms with E-state index in [2.05, 4.69) is 4.98 Å². The van der Waals surface area contributed by atoms with Crippen LogP contribution in [-0.2, 0) is 10.3 Å². The fraction of sp³-hybridized carbons (Fsp3) is 0.500. The molecule has 1 aromatic rings. The third-order valence-corrected chi connectivity index (χ3v) is 2.04. The Bertz CT molecular complexity index is 386. The van der Waals surface area contributed by atoms with Gasteiger partial charge in [-0.2, -0.15) is 0 Å². The van der Waals surface area contributed by atoms with E-state index in [0.717, 1.165) is 0 Å². The summed E-state index contributed by atoms with van der Waals surface area (Å²) in [5.74, 6) is -1.03. The first-order valence-corrected chi connectivity index (χ1v) is 3.88. The molecule has 0 fully saturated rings. The van der Waals surface area contributed by atoms with E-state index in [0.29, 0.717) is 5.69 Å². The third kappa shape index (κ3) is 1.37. The van der Waals surface area contributed by atoms with Crippen molar-refractivity contribution in [2.75, 3.05) is 0 Å². The van der Waals surface area contributed by atoms with Gasteiger partial charge in [-0.05, 0) is 20.8 Å². The van der Waals surface area contributed by atoms with Gasteiger partial charge in [-0.15, -0.1) is 0 Å². The Balaban J connectivity index is 3.37. The minimum atomic E-state index is -1.21. The van der Waals surface area contributed by atoms with Crippen LogP contribution in [0.3, 0.4) is 0 Å². The van der Waals surface area contributed by atoms with E-state index in [1.165, 1.54) is 24.6 Å². The minimum Gasteiger partial charge on any atom is -0.480 e. The molecule has 5 heteroatoms. The molecule has 0 aliphatic heterocycles. The molecule has 0 aliphatic carbocycles. The van der Waals surface area contributed by atoms with Crippen LogP contribution in [0.25, 0.3) is 0 Å². The van der Waals surface area contributed by atoms with Crippen molar-refractivity contribution in [2.45, 2.75) is 26.3 Å². The van der Waals surface area contributed by atoms with Crippen LogP contribution in [-0.4, -0.2) is 20.6 Å². The Morgan fingerprint density at radius 2 is 2.15 bits per heavy atom. The largest absolute Gasteiger partial charge is 0.480 e. The van der Waals surface area contributed by atoms with Crippen LogP contribution >= 0.6 is 0 Å². The highest BCUT2D eigenvalue weighted by Crippen LogP contribution is 2.14. The molecule has 0 amide bonds. The molecule has 0 bridgehead atoms. The molecule has 13 heavy (non-hydrogen) atoms. The van der Waals surface area contributed by atoms with Crippen molar-refractivity contribution >= 4 is 5.97 Å². The van der Waals surface area contributed by atoms with E-state index in [9.17, 15) is 9.59 Å². The molecule has 0 unspecified atom stereocenters. The minimum absolute atomic E-state index is 0.398. The zero-order valence-electron chi connectivity index (χ0n) is 7.79. The van der Waals surface area contributed by atoms with Crippen molar-refractivity contribution < 1.29 is 9.90 Å². The molecule has 1 heterocycles. The molecule has 0 atom stereocenters. The summed E-state index contributed by atoms with van der Waals surface area (Å²) in [5, 5.41) is 8.89. The van der Waals surface area contributed by atoms with Gasteiger partial charge in [0.05, 0.1) is 0 Å². The summed E-state index contributed by atoms with van der Waals surface area (Å²) in [6.45, 7) is 4.65. The Hall–Kier alpha value is -1.52. The number of imidazole rings is 1. The van der Waals surface area contributed by atoms with Gasteiger partial charge >= 0.3 is 11.7 Å². The van der Waals surface area contributed by atoms with Crippen LogP contribution in [0.5, 0.6) is 0 Å². The maximum atomic E-state index is 11.2. The van der Waals surface area contributed by atoms with Crippen molar-refractivity contribution in [3.63, 3.8) is 0 Å². The SMILES string of the molecule is Cc1c[nH]c(=O)n1C(C)(C)C(=O)O. The number of nitrogens with zero attached hydrogens (tertiary/aromatic N) is 1. The van der Waals surface area contributed by atoms with Gasteiger partial charge in [-0.3, -0.25) is 4.57 Å². The van der Waals surface area contributed by atoms with E-state index in [1.807, 2.05) is 0 Å². The van der Waals surface area contributed by atoms with E-state index in [-0.39, 0.29) is 0 Å². The average molecular weight is 184 g/mol. The van der Waals surface area contributed by atoms with Gasteiger partial charge in [0.15, 0.2) is 0 Å². The van der Waals surface area contributed by atoms with Crippen molar-refractivity contribution in [3.8, 4) is 0 Å². The summed E-state index contributed by atoms with van der Waals surface area (Å²) in [6, 6.07) is 0. The van der Waals surface area contributed by atoms with Crippen molar-refractivity contribution in [1.82, 2.24) is 9.55 Å². The number of nitrogens with one attached hydrogen (secondary N) is 1. The maximum Gasteiger partial charge on any atom is 0.329 e. The van der Waals surface area contributed by atoms with Crippen LogP contribution in [0.2, 0.25) is 0 Å². The summed E-state index contributed by atoms with van der Waals surface area (Å²) >= 11 is 0. The number of carbonyl (C=O) groups is 1. The lowest BCUT2D eigenvalue weighted by molar-refractivity contribution is -0.145. The number of hydrogen-bond acceptors (Lipinski definition) is 2. The first kappa shape index (κ1) is 9.57. The van der Waals surface area contributed by atoms with Crippen molar-refractivity contribution in [2.24, 2.45) is 0 Å². The van der Waals surface area contributed by atoms with Crippen LogP contribution in [0, 0.1) is 6.92 Å². The monoisotopic (exact) mass is 184 g/mol. The van der Waals surface area contributed by atoms with E-state index >= 15 is 0 Å². The second-order valence-corrected chi connectivity index (χ2v) is 3.43. The molecular weight excluding hydrogens is 172 g/mol. The van der Waals surface area contributed by atoms with Crippen LogP contribution in [0.1, 0.15) is 19.5 Å². The zero-order valence-corrected chi connectivity index (χ0v) is 7.79. The predicted molar refractivity (Wildman–Crippen MR) is 46.7 cm³/mol. The predicted octanol–water partition coefficient (Wildman–Crippen LogP) is 0.305. The smallest absolute Gasteiger partial charge is 0.329 e. The molecule has 1 aromatic heterocycles. The molecule has 0 radical (unpaired) electrons. The number of hydrogen-bond donors (Lipinski definition) is 2. The van der Waals surface area contributed by atoms with E-state index < -0.39 is 17.2 Å². The van der Waals surface area contributed by atoms with Crippen LogP contribution < -0.4 is 5.69 Å². The highest BCUT2D eigenvalue weighted by Gasteiger charge is 2.31. The number of rotatable bonds is 2. The fourth-order valence-corrected chi connectivity index (χ4v) is 1.25. The number of carboxylic acid groups (broad SMARTS) is 1. The van der Waals surface area contributed by atoms with Gasteiger partial charge in [0.1, 0.15) is 5.54 Å². The van der Waals surface area contributed by atoms with Gasteiger partial charge in [0.25, 0.3) is 0 Å². The lowest BCUT2D eigenvalue weighted by Gasteiger charge is -2.21. The highest BCUT2D eigenvalue weighted by molar-refractivity contribution is 5.75. The fourth-order valence-electron chi connectivity index (χ4n) is 1.25. The normalized spacial score (nSPS) is 11.6. The number of aromatic nitrogens is 2. The van der Waals surface area contributed by atoms with Gasteiger partial charge in [0.2, 0.25) is 0 Å². The summed E-state index contributed by atoms with van der Waals surface area (Å²) in [6.07, 6.45) is 1.49. The lowest BCUT2D eigenvalue weighted by Crippen LogP contribution is -2.42. The summed E-state index contributed by atoms with van der Waals surface area (Å²) < 4.78 is 1.22. The van der Waals surface area contributed by atoms with Crippen LogP contribution in [0.15, 0.2) is 11.0 Å². The van der Waals surface area contributed by atoms with Gasteiger partial charge in [0, 0.05) is 11.9 Å².